The molecule has 0 radical (unpaired) electrons. The van der Waals surface area contributed by atoms with Gasteiger partial charge in [-0.25, -0.2) is 13.1 Å². The Labute approximate surface area is 121 Å². The summed E-state index contributed by atoms with van der Waals surface area (Å²) < 4.78 is 33.0. The Balaban J connectivity index is 2.07. The van der Waals surface area contributed by atoms with E-state index in [0.29, 0.717) is 18.1 Å². The molecule has 0 spiro atoms. The van der Waals surface area contributed by atoms with E-state index in [0.717, 1.165) is 19.4 Å². The molecule has 1 unspecified atom stereocenters. The van der Waals surface area contributed by atoms with Crippen molar-refractivity contribution < 1.29 is 12.8 Å². The van der Waals surface area contributed by atoms with E-state index in [4.69, 9.17) is 4.42 Å². The summed E-state index contributed by atoms with van der Waals surface area (Å²) in [6, 6.07) is 1.65. The lowest BCUT2D eigenvalue weighted by Crippen LogP contribution is -2.28. The molecule has 2 N–H and O–H groups in total. The van der Waals surface area contributed by atoms with Gasteiger partial charge in [-0.3, -0.25) is 0 Å². The topological polar surface area (TPSA) is 71.3 Å². The van der Waals surface area contributed by atoms with E-state index in [-0.39, 0.29) is 16.4 Å². The monoisotopic (exact) mass is 300 g/mol. The van der Waals surface area contributed by atoms with Gasteiger partial charge in [-0.1, -0.05) is 20.8 Å². The van der Waals surface area contributed by atoms with Crippen molar-refractivity contribution in [2.45, 2.75) is 58.0 Å². The number of hydrogen-bond donors (Lipinski definition) is 2. The fraction of sp³-hybridized carbons (Fsp3) is 0.714. The number of furan rings is 1. The van der Waals surface area contributed by atoms with E-state index in [1.54, 1.807) is 13.0 Å². The molecular weight excluding hydrogens is 276 g/mol. The quantitative estimate of drug-likeness (QED) is 0.757. The highest BCUT2D eigenvalue weighted by atomic mass is 32.2. The van der Waals surface area contributed by atoms with Crippen LogP contribution in [0.4, 0.5) is 0 Å². The van der Waals surface area contributed by atoms with Crippen LogP contribution < -0.4 is 10.0 Å². The summed E-state index contributed by atoms with van der Waals surface area (Å²) in [5.74, 6) is 1.11. The van der Waals surface area contributed by atoms with Gasteiger partial charge in [0, 0.05) is 12.1 Å². The molecule has 0 aromatic carbocycles. The predicted molar refractivity (Wildman–Crippen MR) is 78.0 cm³/mol. The molecule has 114 valence electrons. The number of rotatable bonds is 7. The maximum atomic E-state index is 12.3. The summed E-state index contributed by atoms with van der Waals surface area (Å²) in [4.78, 5) is 0.258. The molecule has 1 aromatic rings. The van der Waals surface area contributed by atoms with Gasteiger partial charge in [0.15, 0.2) is 0 Å². The van der Waals surface area contributed by atoms with Crippen LogP contribution in [0.15, 0.2) is 15.4 Å². The van der Waals surface area contributed by atoms with Crippen LogP contribution >= 0.6 is 0 Å². The third-order valence-corrected chi connectivity index (χ3v) is 5.33. The molecule has 0 aliphatic heterocycles. The Morgan fingerprint density at radius 2 is 2.10 bits per heavy atom. The largest absolute Gasteiger partial charge is 0.464 e. The SMILES string of the molecule is CCCNCc1cc(S(=O)(=O)NC2CC2(C)C)c(C)o1. The third-order valence-electron chi connectivity index (χ3n) is 3.75. The Kier molecular flexibility index (Phi) is 4.27. The van der Waals surface area contributed by atoms with Crippen LogP contribution in [0.1, 0.15) is 45.1 Å². The van der Waals surface area contributed by atoms with Crippen molar-refractivity contribution in [1.82, 2.24) is 10.0 Å². The highest BCUT2D eigenvalue weighted by Crippen LogP contribution is 2.45. The zero-order valence-electron chi connectivity index (χ0n) is 12.6. The molecule has 1 aliphatic carbocycles. The first-order valence-electron chi connectivity index (χ1n) is 7.08. The summed E-state index contributed by atoms with van der Waals surface area (Å²) in [5.41, 5.74) is 0.0657. The standard InChI is InChI=1S/C14H24N2O3S/c1-5-6-15-9-11-7-12(10(2)19-11)20(17,18)16-13-8-14(13,3)4/h7,13,15-16H,5-6,8-9H2,1-4H3. The summed E-state index contributed by atoms with van der Waals surface area (Å²) in [6.45, 7) is 9.33. The van der Waals surface area contributed by atoms with Crippen LogP contribution in [0.5, 0.6) is 0 Å². The Morgan fingerprint density at radius 3 is 2.65 bits per heavy atom. The fourth-order valence-electron chi connectivity index (χ4n) is 2.19. The number of hydrogen-bond acceptors (Lipinski definition) is 4. The molecule has 1 aliphatic rings. The minimum atomic E-state index is -3.48. The second-order valence-corrected chi connectivity index (χ2v) is 7.86. The Morgan fingerprint density at radius 1 is 1.45 bits per heavy atom. The molecule has 0 bridgehead atoms. The lowest BCUT2D eigenvalue weighted by Gasteiger charge is -2.06. The Hall–Kier alpha value is -0.850. The van der Waals surface area contributed by atoms with Gasteiger partial charge < -0.3 is 9.73 Å². The first-order chi connectivity index (χ1) is 9.26. The normalized spacial score (nSPS) is 21.1. The van der Waals surface area contributed by atoms with E-state index in [2.05, 4.69) is 30.8 Å². The molecule has 0 amide bonds. The van der Waals surface area contributed by atoms with Crippen molar-refractivity contribution >= 4 is 10.0 Å². The van der Waals surface area contributed by atoms with Crippen LogP contribution in [0.2, 0.25) is 0 Å². The summed E-state index contributed by atoms with van der Waals surface area (Å²) in [7, 11) is -3.48. The maximum Gasteiger partial charge on any atom is 0.244 e. The molecule has 20 heavy (non-hydrogen) atoms. The summed E-state index contributed by atoms with van der Waals surface area (Å²) in [5, 5.41) is 3.20. The summed E-state index contributed by atoms with van der Waals surface area (Å²) in [6.07, 6.45) is 1.91. The van der Waals surface area contributed by atoms with Gasteiger partial charge in [-0.05, 0) is 31.7 Å². The highest BCUT2D eigenvalue weighted by molar-refractivity contribution is 7.89. The van der Waals surface area contributed by atoms with Crippen LogP contribution in [0.25, 0.3) is 0 Å². The van der Waals surface area contributed by atoms with Crippen molar-refractivity contribution in [3.05, 3.63) is 17.6 Å². The molecule has 6 heteroatoms. The van der Waals surface area contributed by atoms with Crippen molar-refractivity contribution in [3.63, 3.8) is 0 Å². The van der Waals surface area contributed by atoms with Gasteiger partial charge in [-0.2, -0.15) is 0 Å². The van der Waals surface area contributed by atoms with Gasteiger partial charge in [0.1, 0.15) is 16.4 Å². The minimum absolute atomic E-state index is 0.0310. The first-order valence-corrected chi connectivity index (χ1v) is 8.57. The maximum absolute atomic E-state index is 12.3. The molecule has 1 saturated carbocycles. The van der Waals surface area contributed by atoms with Gasteiger partial charge in [0.2, 0.25) is 10.0 Å². The van der Waals surface area contributed by atoms with Crippen LogP contribution in [0.3, 0.4) is 0 Å². The average Bonchev–Trinajstić information content (AvgIpc) is 2.74. The molecular formula is C14H24N2O3S. The molecule has 0 saturated heterocycles. The Bertz CT molecular complexity index is 575. The van der Waals surface area contributed by atoms with E-state index in [9.17, 15) is 8.42 Å². The molecule has 2 rings (SSSR count). The second kappa shape index (κ2) is 5.50. The first kappa shape index (κ1) is 15.5. The number of nitrogens with one attached hydrogen (secondary N) is 2. The average molecular weight is 300 g/mol. The van der Waals surface area contributed by atoms with Crippen molar-refractivity contribution in [1.29, 1.82) is 0 Å². The number of sulfonamides is 1. The molecule has 5 nitrogen and oxygen atoms in total. The van der Waals surface area contributed by atoms with Crippen LogP contribution in [-0.4, -0.2) is 21.0 Å². The fourth-order valence-corrected chi connectivity index (χ4v) is 3.80. The molecule has 1 fully saturated rings. The lowest BCUT2D eigenvalue weighted by atomic mass is 10.2. The van der Waals surface area contributed by atoms with Gasteiger partial charge >= 0.3 is 0 Å². The third kappa shape index (κ3) is 3.42. The van der Waals surface area contributed by atoms with E-state index in [1.165, 1.54) is 0 Å². The molecule has 1 heterocycles. The predicted octanol–water partition coefficient (Wildman–Crippen LogP) is 2.16. The van der Waals surface area contributed by atoms with E-state index < -0.39 is 10.0 Å². The zero-order chi connectivity index (χ0) is 15.0. The van der Waals surface area contributed by atoms with Crippen molar-refractivity contribution in [2.24, 2.45) is 5.41 Å². The van der Waals surface area contributed by atoms with Crippen LogP contribution in [0, 0.1) is 12.3 Å². The lowest BCUT2D eigenvalue weighted by molar-refractivity contribution is 0.457. The second-order valence-electron chi connectivity index (χ2n) is 6.18. The smallest absolute Gasteiger partial charge is 0.244 e. The van der Waals surface area contributed by atoms with E-state index >= 15 is 0 Å². The zero-order valence-corrected chi connectivity index (χ0v) is 13.4. The van der Waals surface area contributed by atoms with Gasteiger partial charge in [0.25, 0.3) is 0 Å². The van der Waals surface area contributed by atoms with Crippen molar-refractivity contribution in [3.8, 4) is 0 Å². The highest BCUT2D eigenvalue weighted by Gasteiger charge is 2.48. The minimum Gasteiger partial charge on any atom is -0.464 e. The van der Waals surface area contributed by atoms with Gasteiger partial charge in [-0.15, -0.1) is 0 Å². The molecule has 1 aromatic heterocycles. The van der Waals surface area contributed by atoms with Crippen LogP contribution in [-0.2, 0) is 16.6 Å². The molecule has 1 atom stereocenters. The van der Waals surface area contributed by atoms with Gasteiger partial charge in [0.05, 0.1) is 6.54 Å². The summed E-state index contributed by atoms with van der Waals surface area (Å²) >= 11 is 0. The van der Waals surface area contributed by atoms with E-state index in [1.807, 2.05) is 0 Å². The number of aryl methyl sites for hydroxylation is 1. The van der Waals surface area contributed by atoms with Crippen molar-refractivity contribution in [2.75, 3.05) is 6.54 Å².